The Kier molecular flexibility index (Phi) is 2.29. The van der Waals surface area contributed by atoms with Crippen LogP contribution in [0, 0.1) is 0 Å². The summed E-state index contributed by atoms with van der Waals surface area (Å²) in [6.45, 7) is 0. The second-order valence-corrected chi connectivity index (χ2v) is 4.37. The standard InChI is InChI=1S/C12H12N4O2/c13-8-2-1-5-16-10(8)6-9(15-16)7-3-4-11(17)14-12(7)18/h1-2,5-7H,3-4,13H2,(H,14,17,18). The van der Waals surface area contributed by atoms with Gasteiger partial charge in [-0.1, -0.05) is 0 Å². The fourth-order valence-corrected chi connectivity index (χ4v) is 2.20. The quantitative estimate of drug-likeness (QED) is 0.712. The summed E-state index contributed by atoms with van der Waals surface area (Å²) in [7, 11) is 0. The number of hydrogen-bond acceptors (Lipinski definition) is 4. The number of hydrogen-bond donors (Lipinski definition) is 2. The largest absolute Gasteiger partial charge is 0.397 e. The minimum absolute atomic E-state index is 0.223. The van der Waals surface area contributed by atoms with Gasteiger partial charge in [0.25, 0.3) is 0 Å². The normalized spacial score (nSPS) is 20.1. The number of amides is 2. The molecule has 6 nitrogen and oxygen atoms in total. The number of nitrogens with two attached hydrogens (primary N) is 1. The van der Waals surface area contributed by atoms with Crippen LogP contribution in [0.5, 0.6) is 0 Å². The SMILES string of the molecule is Nc1cccn2nc(C3CCC(=O)NC3=O)cc12. The molecule has 92 valence electrons. The molecule has 2 aromatic rings. The van der Waals surface area contributed by atoms with E-state index in [4.69, 9.17) is 5.73 Å². The van der Waals surface area contributed by atoms with Crippen molar-refractivity contribution in [3.63, 3.8) is 0 Å². The Morgan fingerprint density at radius 2 is 2.28 bits per heavy atom. The summed E-state index contributed by atoms with van der Waals surface area (Å²) in [4.78, 5) is 22.9. The minimum atomic E-state index is -0.373. The Labute approximate surface area is 103 Å². The molecule has 0 aliphatic carbocycles. The monoisotopic (exact) mass is 244 g/mol. The van der Waals surface area contributed by atoms with Gasteiger partial charge in [0.05, 0.1) is 22.8 Å². The van der Waals surface area contributed by atoms with Gasteiger partial charge < -0.3 is 5.73 Å². The number of imide groups is 1. The highest BCUT2D eigenvalue weighted by molar-refractivity contribution is 6.00. The summed E-state index contributed by atoms with van der Waals surface area (Å²) in [6, 6.07) is 5.38. The van der Waals surface area contributed by atoms with E-state index < -0.39 is 0 Å². The predicted molar refractivity (Wildman–Crippen MR) is 64.7 cm³/mol. The zero-order valence-corrected chi connectivity index (χ0v) is 9.59. The zero-order valence-electron chi connectivity index (χ0n) is 9.59. The molecule has 0 saturated carbocycles. The van der Waals surface area contributed by atoms with Gasteiger partial charge in [0, 0.05) is 12.6 Å². The lowest BCUT2D eigenvalue weighted by Gasteiger charge is -2.18. The van der Waals surface area contributed by atoms with Gasteiger partial charge in [0.1, 0.15) is 0 Å². The molecule has 0 spiro atoms. The lowest BCUT2D eigenvalue weighted by atomic mass is 9.95. The third-order valence-corrected chi connectivity index (χ3v) is 3.15. The van der Waals surface area contributed by atoms with E-state index in [2.05, 4.69) is 10.4 Å². The molecule has 1 unspecified atom stereocenters. The van der Waals surface area contributed by atoms with Crippen molar-refractivity contribution in [1.82, 2.24) is 14.9 Å². The lowest BCUT2D eigenvalue weighted by molar-refractivity contribution is -0.134. The highest BCUT2D eigenvalue weighted by atomic mass is 16.2. The molecule has 1 aliphatic heterocycles. The smallest absolute Gasteiger partial charge is 0.235 e. The summed E-state index contributed by atoms with van der Waals surface area (Å²) in [6.07, 6.45) is 2.62. The molecular weight excluding hydrogens is 232 g/mol. The van der Waals surface area contributed by atoms with E-state index in [1.165, 1.54) is 0 Å². The maximum absolute atomic E-state index is 11.8. The van der Waals surface area contributed by atoms with Crippen LogP contribution in [0.25, 0.3) is 5.52 Å². The van der Waals surface area contributed by atoms with E-state index in [1.54, 1.807) is 28.9 Å². The molecule has 0 aromatic carbocycles. The number of anilines is 1. The van der Waals surface area contributed by atoms with Crippen molar-refractivity contribution in [2.24, 2.45) is 0 Å². The van der Waals surface area contributed by atoms with E-state index in [1.807, 2.05) is 0 Å². The molecule has 3 heterocycles. The van der Waals surface area contributed by atoms with Gasteiger partial charge >= 0.3 is 0 Å². The number of carbonyl (C=O) groups is 2. The topological polar surface area (TPSA) is 89.5 Å². The van der Waals surface area contributed by atoms with E-state index >= 15 is 0 Å². The second kappa shape index (κ2) is 3.83. The third-order valence-electron chi connectivity index (χ3n) is 3.15. The lowest BCUT2D eigenvalue weighted by Crippen LogP contribution is -2.39. The Morgan fingerprint density at radius 3 is 3.00 bits per heavy atom. The third kappa shape index (κ3) is 1.62. The van der Waals surface area contributed by atoms with Gasteiger partial charge in [-0.3, -0.25) is 14.9 Å². The van der Waals surface area contributed by atoms with Gasteiger partial charge in [-0.05, 0) is 24.6 Å². The number of nitrogens with zero attached hydrogens (tertiary/aromatic N) is 2. The maximum Gasteiger partial charge on any atom is 0.235 e. The molecule has 3 rings (SSSR count). The van der Waals surface area contributed by atoms with Crippen LogP contribution >= 0.6 is 0 Å². The van der Waals surface area contributed by atoms with E-state index in [-0.39, 0.29) is 17.7 Å². The summed E-state index contributed by atoms with van der Waals surface area (Å²) >= 11 is 0. The molecule has 2 amide bonds. The van der Waals surface area contributed by atoms with Crippen LogP contribution in [0.3, 0.4) is 0 Å². The first-order chi connectivity index (χ1) is 8.65. The van der Waals surface area contributed by atoms with Crippen LogP contribution in [0.4, 0.5) is 5.69 Å². The van der Waals surface area contributed by atoms with Gasteiger partial charge in [-0.25, -0.2) is 4.52 Å². The number of pyridine rings is 1. The Balaban J connectivity index is 2.02. The molecule has 0 radical (unpaired) electrons. The number of nitrogen functional groups attached to an aromatic ring is 1. The molecule has 2 aromatic heterocycles. The van der Waals surface area contributed by atoms with Crippen molar-refractivity contribution in [3.8, 4) is 0 Å². The number of piperidine rings is 1. The molecule has 1 saturated heterocycles. The number of nitrogens with one attached hydrogen (secondary N) is 1. The summed E-state index contributed by atoms with van der Waals surface area (Å²) in [5.41, 5.74) is 7.88. The molecule has 3 N–H and O–H groups in total. The highest BCUT2D eigenvalue weighted by Crippen LogP contribution is 2.26. The van der Waals surface area contributed by atoms with E-state index in [0.29, 0.717) is 24.2 Å². The van der Waals surface area contributed by atoms with Crippen molar-refractivity contribution in [2.75, 3.05) is 5.73 Å². The van der Waals surface area contributed by atoms with Crippen LogP contribution in [-0.4, -0.2) is 21.4 Å². The van der Waals surface area contributed by atoms with Crippen LogP contribution in [0.1, 0.15) is 24.5 Å². The average Bonchev–Trinajstić information content (AvgIpc) is 2.74. The van der Waals surface area contributed by atoms with Crippen molar-refractivity contribution in [3.05, 3.63) is 30.1 Å². The maximum atomic E-state index is 11.8. The van der Waals surface area contributed by atoms with Gasteiger partial charge in [0.15, 0.2) is 0 Å². The molecule has 1 aliphatic rings. The molecule has 1 atom stereocenters. The number of rotatable bonds is 1. The minimum Gasteiger partial charge on any atom is -0.397 e. The van der Waals surface area contributed by atoms with Gasteiger partial charge in [-0.2, -0.15) is 5.10 Å². The Bertz CT molecular complexity index is 647. The van der Waals surface area contributed by atoms with E-state index in [0.717, 1.165) is 5.52 Å². The fourth-order valence-electron chi connectivity index (χ4n) is 2.20. The first-order valence-corrected chi connectivity index (χ1v) is 5.72. The molecule has 6 heteroatoms. The zero-order chi connectivity index (χ0) is 12.7. The van der Waals surface area contributed by atoms with Crippen molar-refractivity contribution < 1.29 is 9.59 Å². The molecule has 0 bridgehead atoms. The highest BCUT2D eigenvalue weighted by Gasteiger charge is 2.29. The number of carbonyl (C=O) groups excluding carboxylic acids is 2. The van der Waals surface area contributed by atoms with Crippen LogP contribution in [-0.2, 0) is 9.59 Å². The van der Waals surface area contributed by atoms with E-state index in [9.17, 15) is 9.59 Å². The summed E-state index contributed by atoms with van der Waals surface area (Å²) in [5.74, 6) is -0.880. The predicted octanol–water partition coefficient (Wildman–Crippen LogP) is 0.437. The number of aromatic nitrogens is 2. The first-order valence-electron chi connectivity index (χ1n) is 5.72. The van der Waals surface area contributed by atoms with Crippen molar-refractivity contribution >= 4 is 23.0 Å². The average molecular weight is 244 g/mol. The van der Waals surface area contributed by atoms with Crippen molar-refractivity contribution in [1.29, 1.82) is 0 Å². The summed E-state index contributed by atoms with van der Waals surface area (Å²) in [5, 5.41) is 6.67. The second-order valence-electron chi connectivity index (χ2n) is 4.37. The summed E-state index contributed by atoms with van der Waals surface area (Å²) < 4.78 is 1.65. The van der Waals surface area contributed by atoms with Crippen LogP contribution < -0.4 is 11.1 Å². The number of fused-ring (bicyclic) bond motifs is 1. The van der Waals surface area contributed by atoms with Gasteiger partial charge in [0.2, 0.25) is 11.8 Å². The van der Waals surface area contributed by atoms with Gasteiger partial charge in [-0.15, -0.1) is 0 Å². The molecular formula is C12H12N4O2. The molecule has 1 fully saturated rings. The molecule has 18 heavy (non-hydrogen) atoms. The van der Waals surface area contributed by atoms with Crippen LogP contribution in [0.2, 0.25) is 0 Å². The van der Waals surface area contributed by atoms with Crippen LogP contribution in [0.15, 0.2) is 24.4 Å². The Hall–Kier alpha value is -2.37. The Morgan fingerprint density at radius 1 is 1.44 bits per heavy atom. The fraction of sp³-hybridized carbons (Fsp3) is 0.250. The van der Waals surface area contributed by atoms with Crippen molar-refractivity contribution in [2.45, 2.75) is 18.8 Å². The first kappa shape index (κ1) is 10.8.